The number of aromatic nitrogens is 1. The van der Waals surface area contributed by atoms with Gasteiger partial charge < -0.3 is 16.2 Å². The Morgan fingerprint density at radius 3 is 2.74 bits per heavy atom. The van der Waals surface area contributed by atoms with E-state index in [1.54, 1.807) is 18.3 Å². The van der Waals surface area contributed by atoms with Crippen LogP contribution in [0.15, 0.2) is 24.5 Å². The maximum Gasteiger partial charge on any atom is 0.326 e. The van der Waals surface area contributed by atoms with E-state index in [1.165, 1.54) is 6.20 Å². The molecule has 0 spiro atoms. The number of hydrogen-bond donors (Lipinski definition) is 3. The summed E-state index contributed by atoms with van der Waals surface area (Å²) in [4.78, 5) is 26.8. The number of rotatable bonds is 7. The Bertz CT molecular complexity index is 422. The predicted molar refractivity (Wildman–Crippen MR) is 70.6 cm³/mol. The number of hydrogen-bond acceptors (Lipinski definition) is 4. The Morgan fingerprint density at radius 2 is 2.21 bits per heavy atom. The monoisotopic (exact) mass is 265 g/mol. The largest absolute Gasteiger partial charge is 0.480 e. The van der Waals surface area contributed by atoms with E-state index in [9.17, 15) is 9.59 Å². The average molecular weight is 265 g/mol. The van der Waals surface area contributed by atoms with E-state index in [2.05, 4.69) is 10.3 Å². The summed E-state index contributed by atoms with van der Waals surface area (Å²) in [7, 11) is 0. The summed E-state index contributed by atoms with van der Waals surface area (Å²) in [5.41, 5.74) is 5.83. The Morgan fingerprint density at radius 1 is 1.47 bits per heavy atom. The highest BCUT2D eigenvalue weighted by atomic mass is 16.4. The predicted octanol–water partition coefficient (Wildman–Crippen LogP) is 0.640. The van der Waals surface area contributed by atoms with Crippen LogP contribution >= 0.6 is 0 Å². The lowest BCUT2D eigenvalue weighted by Crippen LogP contribution is -2.41. The first-order valence-electron chi connectivity index (χ1n) is 6.18. The normalized spacial score (nSPS) is 13.6. The lowest BCUT2D eigenvalue weighted by atomic mass is 10.0. The zero-order valence-electron chi connectivity index (χ0n) is 10.9. The van der Waals surface area contributed by atoms with Gasteiger partial charge in [-0.25, -0.2) is 4.79 Å². The van der Waals surface area contributed by atoms with Crippen molar-refractivity contribution in [1.29, 1.82) is 0 Å². The zero-order valence-corrected chi connectivity index (χ0v) is 10.9. The van der Waals surface area contributed by atoms with Gasteiger partial charge in [0.2, 0.25) is 0 Å². The van der Waals surface area contributed by atoms with Crippen LogP contribution in [0.4, 0.5) is 0 Å². The number of amides is 1. The second-order valence-electron chi connectivity index (χ2n) is 4.52. The van der Waals surface area contributed by atoms with E-state index < -0.39 is 17.9 Å². The fraction of sp³-hybridized carbons (Fsp3) is 0.462. The van der Waals surface area contributed by atoms with Crippen molar-refractivity contribution in [3.05, 3.63) is 30.1 Å². The average Bonchev–Trinajstić information content (AvgIpc) is 2.43. The van der Waals surface area contributed by atoms with Gasteiger partial charge in [-0.15, -0.1) is 0 Å². The number of nitrogens with two attached hydrogens (primary N) is 1. The Hall–Kier alpha value is -1.95. The van der Waals surface area contributed by atoms with Gasteiger partial charge in [0, 0.05) is 12.4 Å². The summed E-state index contributed by atoms with van der Waals surface area (Å²) in [6.07, 6.45) is 3.96. The molecule has 0 aromatic carbocycles. The van der Waals surface area contributed by atoms with Gasteiger partial charge in [0.1, 0.15) is 6.04 Å². The van der Waals surface area contributed by atoms with Gasteiger partial charge in [0.15, 0.2) is 0 Å². The minimum atomic E-state index is -1.04. The lowest BCUT2D eigenvalue weighted by molar-refractivity contribution is -0.139. The summed E-state index contributed by atoms with van der Waals surface area (Å²) in [5.74, 6) is -1.24. The third-order valence-corrected chi connectivity index (χ3v) is 2.88. The minimum Gasteiger partial charge on any atom is -0.480 e. The van der Waals surface area contributed by atoms with Crippen LogP contribution < -0.4 is 11.1 Å². The number of pyridine rings is 1. The molecule has 0 aliphatic rings. The molecule has 0 radical (unpaired) electrons. The fourth-order valence-electron chi connectivity index (χ4n) is 1.57. The summed E-state index contributed by atoms with van der Waals surface area (Å²) < 4.78 is 0. The molecule has 1 aromatic heterocycles. The van der Waals surface area contributed by atoms with E-state index >= 15 is 0 Å². The molecule has 1 aromatic rings. The molecule has 104 valence electrons. The summed E-state index contributed by atoms with van der Waals surface area (Å²) >= 11 is 0. The number of carbonyl (C=O) groups is 2. The number of carboxylic acids is 1. The van der Waals surface area contributed by atoms with Crippen molar-refractivity contribution in [1.82, 2.24) is 10.3 Å². The highest BCUT2D eigenvalue weighted by Gasteiger charge is 2.21. The van der Waals surface area contributed by atoms with Gasteiger partial charge in [-0.1, -0.05) is 6.92 Å². The minimum absolute atomic E-state index is 0.233. The summed E-state index contributed by atoms with van der Waals surface area (Å²) in [5, 5.41) is 11.6. The van der Waals surface area contributed by atoms with Crippen molar-refractivity contribution in [3.63, 3.8) is 0 Å². The zero-order chi connectivity index (χ0) is 14.3. The molecule has 6 heteroatoms. The third-order valence-electron chi connectivity index (χ3n) is 2.88. The van der Waals surface area contributed by atoms with E-state index in [1.807, 2.05) is 6.92 Å². The number of carbonyl (C=O) groups excluding carboxylic acids is 1. The maximum absolute atomic E-state index is 11.8. The topological polar surface area (TPSA) is 105 Å². The van der Waals surface area contributed by atoms with Gasteiger partial charge in [-0.2, -0.15) is 0 Å². The van der Waals surface area contributed by atoms with Crippen molar-refractivity contribution < 1.29 is 14.7 Å². The van der Waals surface area contributed by atoms with Crippen LogP contribution in [0.5, 0.6) is 0 Å². The molecule has 0 aliphatic heterocycles. The Kier molecular flexibility index (Phi) is 5.95. The number of carboxylic acid groups (broad SMARTS) is 1. The van der Waals surface area contributed by atoms with Crippen LogP contribution in [0, 0.1) is 5.92 Å². The quantitative estimate of drug-likeness (QED) is 0.671. The van der Waals surface area contributed by atoms with Gasteiger partial charge in [0.25, 0.3) is 5.91 Å². The first-order chi connectivity index (χ1) is 9.04. The van der Waals surface area contributed by atoms with E-state index in [4.69, 9.17) is 10.8 Å². The molecule has 19 heavy (non-hydrogen) atoms. The molecule has 0 fully saturated rings. The van der Waals surface area contributed by atoms with Crippen LogP contribution in [0.3, 0.4) is 0 Å². The molecule has 2 unspecified atom stereocenters. The van der Waals surface area contributed by atoms with E-state index in [0.29, 0.717) is 24.9 Å². The second-order valence-corrected chi connectivity index (χ2v) is 4.52. The van der Waals surface area contributed by atoms with Crippen LogP contribution in [0.2, 0.25) is 0 Å². The van der Waals surface area contributed by atoms with Crippen LogP contribution in [-0.4, -0.2) is 34.6 Å². The van der Waals surface area contributed by atoms with E-state index in [0.717, 1.165) is 0 Å². The molecule has 1 rings (SSSR count). The van der Waals surface area contributed by atoms with Gasteiger partial charge in [0.05, 0.1) is 5.56 Å². The molecule has 0 bridgehead atoms. The first-order valence-corrected chi connectivity index (χ1v) is 6.18. The van der Waals surface area contributed by atoms with Crippen molar-refractivity contribution in [2.24, 2.45) is 11.7 Å². The molecule has 4 N–H and O–H groups in total. The fourth-order valence-corrected chi connectivity index (χ4v) is 1.57. The van der Waals surface area contributed by atoms with Gasteiger partial charge >= 0.3 is 5.97 Å². The van der Waals surface area contributed by atoms with Crippen molar-refractivity contribution >= 4 is 11.9 Å². The summed E-state index contributed by atoms with van der Waals surface area (Å²) in [6.45, 7) is 2.45. The van der Waals surface area contributed by atoms with Crippen molar-refractivity contribution in [2.45, 2.75) is 25.8 Å². The number of nitrogens with zero attached hydrogens (tertiary/aromatic N) is 1. The smallest absolute Gasteiger partial charge is 0.326 e. The number of aliphatic carboxylic acids is 1. The third kappa shape index (κ3) is 5.05. The Balaban J connectivity index is 2.59. The van der Waals surface area contributed by atoms with Crippen LogP contribution in [-0.2, 0) is 4.79 Å². The number of nitrogens with one attached hydrogen (secondary N) is 1. The Labute approximate surface area is 112 Å². The van der Waals surface area contributed by atoms with E-state index in [-0.39, 0.29) is 5.92 Å². The van der Waals surface area contributed by atoms with Crippen LogP contribution in [0.25, 0.3) is 0 Å². The molecular formula is C13H19N3O3. The molecule has 2 atom stereocenters. The molecule has 1 heterocycles. The standard InChI is InChI=1S/C13H19N3O3/c1-9(7-14)4-5-11(13(18)19)16-12(17)10-3-2-6-15-8-10/h2-3,6,8-9,11H,4-5,7,14H2,1H3,(H,16,17)(H,18,19). The SMILES string of the molecule is CC(CN)CCC(NC(=O)c1cccnc1)C(=O)O. The van der Waals surface area contributed by atoms with Gasteiger partial charge in [-0.3, -0.25) is 9.78 Å². The van der Waals surface area contributed by atoms with Crippen LogP contribution in [0.1, 0.15) is 30.1 Å². The molecular weight excluding hydrogens is 246 g/mol. The van der Waals surface area contributed by atoms with Gasteiger partial charge in [-0.05, 0) is 37.4 Å². The molecule has 0 aliphatic carbocycles. The van der Waals surface area contributed by atoms with Crippen molar-refractivity contribution in [2.75, 3.05) is 6.54 Å². The molecule has 0 saturated heterocycles. The summed E-state index contributed by atoms with van der Waals surface area (Å²) in [6, 6.07) is 2.31. The molecule has 1 amide bonds. The molecule has 6 nitrogen and oxygen atoms in total. The maximum atomic E-state index is 11.8. The highest BCUT2D eigenvalue weighted by molar-refractivity contribution is 5.96. The molecule has 0 saturated carbocycles. The van der Waals surface area contributed by atoms with Crippen molar-refractivity contribution in [3.8, 4) is 0 Å². The lowest BCUT2D eigenvalue weighted by Gasteiger charge is -2.16. The first kappa shape index (κ1) is 15.1. The highest BCUT2D eigenvalue weighted by Crippen LogP contribution is 2.08. The second kappa shape index (κ2) is 7.48.